The number of amidine groups is 1. The van der Waals surface area contributed by atoms with E-state index in [4.69, 9.17) is 4.99 Å². The standard InChI is InChI=1S/C19H25N3O4S/c1-18(2,3)21(17(23)24)16-20-19(10-5-4-7-14(19)12-27-16)13-8-6-9-15(11-13)22(25)26/h6,8-9,11,14H,4-5,7,10,12H2,1-3H3,(H,23,24)/t14-,19+/m0/s1. The van der Waals surface area contributed by atoms with Crippen molar-refractivity contribution in [2.24, 2.45) is 10.9 Å². The Morgan fingerprint density at radius 1 is 1.41 bits per heavy atom. The Morgan fingerprint density at radius 3 is 2.78 bits per heavy atom. The van der Waals surface area contributed by atoms with E-state index in [1.54, 1.807) is 12.1 Å². The second-order valence-corrected chi connectivity index (χ2v) is 9.16. The average molecular weight is 391 g/mol. The molecule has 1 amide bonds. The molecule has 2 aliphatic rings. The lowest BCUT2D eigenvalue weighted by Crippen LogP contribution is -2.51. The van der Waals surface area contributed by atoms with Gasteiger partial charge in [-0.1, -0.05) is 36.7 Å². The number of non-ortho nitro benzene ring substituents is 1. The third-order valence-corrected chi connectivity index (χ3v) is 6.46. The van der Waals surface area contributed by atoms with Gasteiger partial charge < -0.3 is 5.11 Å². The number of nitro groups is 1. The number of carbonyl (C=O) groups is 1. The fraction of sp³-hybridized carbons (Fsp3) is 0.579. The van der Waals surface area contributed by atoms with E-state index < -0.39 is 17.2 Å². The molecule has 7 nitrogen and oxygen atoms in total. The predicted octanol–water partition coefficient (Wildman–Crippen LogP) is 4.86. The smallest absolute Gasteiger partial charge is 0.413 e. The Balaban J connectivity index is 2.14. The first-order valence-corrected chi connectivity index (χ1v) is 10.1. The van der Waals surface area contributed by atoms with Crippen molar-refractivity contribution in [1.29, 1.82) is 0 Å². The molecular weight excluding hydrogens is 366 g/mol. The highest BCUT2D eigenvalue weighted by molar-refractivity contribution is 8.13. The van der Waals surface area contributed by atoms with Gasteiger partial charge in [-0.3, -0.25) is 20.0 Å². The summed E-state index contributed by atoms with van der Waals surface area (Å²) in [6, 6.07) is 6.69. The van der Waals surface area contributed by atoms with E-state index in [0.717, 1.165) is 37.0 Å². The normalized spacial score (nSPS) is 25.3. The van der Waals surface area contributed by atoms with Crippen LogP contribution >= 0.6 is 11.8 Å². The first-order valence-electron chi connectivity index (χ1n) is 9.16. The van der Waals surface area contributed by atoms with Gasteiger partial charge in [0.15, 0.2) is 5.17 Å². The van der Waals surface area contributed by atoms with Crippen molar-refractivity contribution in [2.45, 2.75) is 57.5 Å². The molecular formula is C19H25N3O4S. The number of fused-ring (bicyclic) bond motifs is 1. The van der Waals surface area contributed by atoms with E-state index in [1.165, 1.54) is 22.7 Å². The predicted molar refractivity (Wildman–Crippen MR) is 106 cm³/mol. The lowest BCUT2D eigenvalue weighted by atomic mass is 9.70. The van der Waals surface area contributed by atoms with Gasteiger partial charge in [0.2, 0.25) is 0 Å². The van der Waals surface area contributed by atoms with Gasteiger partial charge in [-0.2, -0.15) is 0 Å². The lowest BCUT2D eigenvalue weighted by Gasteiger charge is -2.46. The Hall–Kier alpha value is -2.09. The minimum absolute atomic E-state index is 0.0482. The van der Waals surface area contributed by atoms with Crippen LogP contribution in [0.4, 0.5) is 10.5 Å². The van der Waals surface area contributed by atoms with Gasteiger partial charge in [0.25, 0.3) is 5.69 Å². The van der Waals surface area contributed by atoms with Crippen molar-refractivity contribution < 1.29 is 14.8 Å². The van der Waals surface area contributed by atoms with Gasteiger partial charge in [0.05, 0.1) is 10.5 Å². The van der Waals surface area contributed by atoms with E-state index in [2.05, 4.69) is 0 Å². The number of amides is 1. The number of hydrogen-bond donors (Lipinski definition) is 1. The van der Waals surface area contributed by atoms with Crippen LogP contribution in [0, 0.1) is 16.0 Å². The number of nitro benzene ring substituents is 1. The molecule has 1 heterocycles. The van der Waals surface area contributed by atoms with Crippen LogP contribution in [0.3, 0.4) is 0 Å². The molecule has 3 rings (SSSR count). The van der Waals surface area contributed by atoms with Crippen LogP contribution < -0.4 is 0 Å². The third kappa shape index (κ3) is 3.67. The maximum absolute atomic E-state index is 11.9. The molecule has 0 bridgehead atoms. The van der Waals surface area contributed by atoms with Crippen LogP contribution in [0.5, 0.6) is 0 Å². The van der Waals surface area contributed by atoms with Crippen LogP contribution in [-0.2, 0) is 5.54 Å². The Morgan fingerprint density at radius 2 is 2.15 bits per heavy atom. The molecule has 1 aromatic carbocycles. The molecule has 2 atom stereocenters. The summed E-state index contributed by atoms with van der Waals surface area (Å²) in [7, 11) is 0. The fourth-order valence-corrected chi connectivity index (χ4v) is 5.58. The topological polar surface area (TPSA) is 96.0 Å². The van der Waals surface area contributed by atoms with Gasteiger partial charge in [-0.15, -0.1) is 0 Å². The van der Waals surface area contributed by atoms with Crippen LogP contribution in [0.25, 0.3) is 0 Å². The number of rotatable bonds is 2. The second kappa shape index (κ2) is 7.14. The van der Waals surface area contributed by atoms with E-state index in [0.29, 0.717) is 5.17 Å². The van der Waals surface area contributed by atoms with Gasteiger partial charge in [-0.05, 0) is 45.1 Å². The first kappa shape index (κ1) is 19.7. The van der Waals surface area contributed by atoms with E-state index >= 15 is 0 Å². The number of thioether (sulfide) groups is 1. The minimum Gasteiger partial charge on any atom is -0.465 e. The molecule has 8 heteroatoms. The molecule has 146 valence electrons. The number of nitrogens with zero attached hydrogens (tertiary/aromatic N) is 3. The molecule has 1 aliphatic carbocycles. The number of carboxylic acid groups (broad SMARTS) is 1. The molecule has 27 heavy (non-hydrogen) atoms. The summed E-state index contributed by atoms with van der Waals surface area (Å²) in [6.07, 6.45) is 2.82. The Bertz CT molecular complexity index is 789. The summed E-state index contributed by atoms with van der Waals surface area (Å²) < 4.78 is 0. The maximum atomic E-state index is 11.9. The zero-order valence-electron chi connectivity index (χ0n) is 15.8. The molecule has 0 saturated heterocycles. The Kier molecular flexibility index (Phi) is 5.20. The van der Waals surface area contributed by atoms with Gasteiger partial charge in [-0.25, -0.2) is 4.79 Å². The SMILES string of the molecule is CC(C)(C)N(C(=O)O)C1=N[C@@]2(c3cccc([N+](=O)[O-])c3)CCCC[C@H]2CS1. The van der Waals surface area contributed by atoms with Crippen LogP contribution in [0.1, 0.15) is 52.0 Å². The summed E-state index contributed by atoms with van der Waals surface area (Å²) in [6.45, 7) is 5.53. The molecule has 1 aromatic rings. The number of aliphatic imine (C=N–C) groups is 1. The monoisotopic (exact) mass is 391 g/mol. The maximum Gasteiger partial charge on any atom is 0.413 e. The van der Waals surface area contributed by atoms with Crippen LogP contribution in [0.15, 0.2) is 29.3 Å². The molecule has 0 radical (unpaired) electrons. The van der Waals surface area contributed by atoms with Crippen LogP contribution in [-0.4, -0.2) is 37.5 Å². The van der Waals surface area contributed by atoms with Crippen molar-refractivity contribution in [3.8, 4) is 0 Å². The summed E-state index contributed by atoms with van der Waals surface area (Å²) in [5, 5.41) is 21.5. The molecule has 0 unspecified atom stereocenters. The van der Waals surface area contributed by atoms with Crippen molar-refractivity contribution in [3.05, 3.63) is 39.9 Å². The molecule has 1 aliphatic heterocycles. The average Bonchev–Trinajstić information content (AvgIpc) is 2.60. The number of benzene rings is 1. The number of hydrogen-bond acceptors (Lipinski definition) is 5. The van der Waals surface area contributed by atoms with Crippen molar-refractivity contribution in [3.63, 3.8) is 0 Å². The highest BCUT2D eigenvalue weighted by atomic mass is 32.2. The summed E-state index contributed by atoms with van der Waals surface area (Å²) in [5.74, 6) is 1.01. The fourth-order valence-electron chi connectivity index (χ4n) is 4.08. The molecule has 1 fully saturated rings. The molecule has 1 N–H and O–H groups in total. The van der Waals surface area contributed by atoms with Crippen molar-refractivity contribution in [2.75, 3.05) is 5.75 Å². The quantitative estimate of drug-likeness (QED) is 0.573. The second-order valence-electron chi connectivity index (χ2n) is 8.17. The van der Waals surface area contributed by atoms with Crippen LogP contribution in [0.2, 0.25) is 0 Å². The van der Waals surface area contributed by atoms with Gasteiger partial charge >= 0.3 is 6.09 Å². The third-order valence-electron chi connectivity index (χ3n) is 5.35. The molecule has 0 spiro atoms. The van der Waals surface area contributed by atoms with E-state index in [-0.39, 0.29) is 16.5 Å². The van der Waals surface area contributed by atoms with E-state index in [1.807, 2.05) is 26.8 Å². The van der Waals surface area contributed by atoms with Crippen molar-refractivity contribution >= 4 is 28.7 Å². The summed E-state index contributed by atoms with van der Waals surface area (Å²) in [5.41, 5.74) is -0.349. The minimum atomic E-state index is -1.03. The summed E-state index contributed by atoms with van der Waals surface area (Å²) in [4.78, 5) is 29.1. The van der Waals surface area contributed by atoms with Gasteiger partial charge in [0, 0.05) is 23.4 Å². The highest BCUT2D eigenvalue weighted by Crippen LogP contribution is 2.50. The van der Waals surface area contributed by atoms with Crippen molar-refractivity contribution in [1.82, 2.24) is 4.90 Å². The molecule has 1 saturated carbocycles. The largest absolute Gasteiger partial charge is 0.465 e. The lowest BCUT2D eigenvalue weighted by molar-refractivity contribution is -0.385. The zero-order chi connectivity index (χ0) is 19.8. The highest BCUT2D eigenvalue weighted by Gasteiger charge is 2.47. The van der Waals surface area contributed by atoms with Gasteiger partial charge in [0.1, 0.15) is 0 Å². The Labute approximate surface area is 163 Å². The summed E-state index contributed by atoms with van der Waals surface area (Å²) >= 11 is 1.48. The van der Waals surface area contributed by atoms with E-state index in [9.17, 15) is 20.0 Å². The molecule has 0 aromatic heterocycles. The zero-order valence-corrected chi connectivity index (χ0v) is 16.7. The first-order chi connectivity index (χ1) is 12.6.